The van der Waals surface area contributed by atoms with Crippen molar-refractivity contribution in [1.82, 2.24) is 14.5 Å². The summed E-state index contributed by atoms with van der Waals surface area (Å²) in [7, 11) is -3.44. The van der Waals surface area contributed by atoms with Gasteiger partial charge in [0.15, 0.2) is 0 Å². The Balaban J connectivity index is 2.56. The van der Waals surface area contributed by atoms with Crippen molar-refractivity contribution in [2.75, 3.05) is 39.0 Å². The maximum absolute atomic E-state index is 12.1. The Kier molecular flexibility index (Phi) is 8.14. The molecule has 0 aliphatic carbocycles. The third-order valence-electron chi connectivity index (χ3n) is 3.82. The van der Waals surface area contributed by atoms with Crippen molar-refractivity contribution in [3.63, 3.8) is 0 Å². The topological polar surface area (TPSA) is 105 Å². The standard InChI is InChI=1S/C16H31N3O6S/c1-6-24-15(21)18-10-7-13(8-11-18)19(26(5,22)23)12-9-17-14(20)25-16(2,3)4/h13H,6-12H2,1-5H3,(H,17,20). The zero-order valence-corrected chi connectivity index (χ0v) is 17.1. The van der Waals surface area contributed by atoms with Crippen molar-refractivity contribution in [3.05, 3.63) is 0 Å². The third kappa shape index (κ3) is 7.77. The lowest BCUT2D eigenvalue weighted by molar-refractivity contribution is 0.0520. The van der Waals surface area contributed by atoms with Crippen LogP contribution < -0.4 is 5.32 Å². The predicted molar refractivity (Wildman–Crippen MR) is 97.4 cm³/mol. The lowest BCUT2D eigenvalue weighted by Crippen LogP contribution is -2.50. The first-order valence-electron chi connectivity index (χ1n) is 8.79. The molecule has 1 saturated heterocycles. The van der Waals surface area contributed by atoms with Crippen molar-refractivity contribution >= 4 is 22.2 Å². The normalized spacial score (nSPS) is 16.5. The van der Waals surface area contributed by atoms with E-state index in [1.54, 1.807) is 32.6 Å². The molecule has 152 valence electrons. The highest BCUT2D eigenvalue weighted by atomic mass is 32.2. The van der Waals surface area contributed by atoms with Crippen LogP contribution in [-0.4, -0.2) is 80.5 Å². The lowest BCUT2D eigenvalue weighted by Gasteiger charge is -2.36. The molecule has 0 aromatic heterocycles. The van der Waals surface area contributed by atoms with E-state index < -0.39 is 21.7 Å². The highest BCUT2D eigenvalue weighted by Crippen LogP contribution is 2.19. The summed E-state index contributed by atoms with van der Waals surface area (Å²) in [4.78, 5) is 25.0. The highest BCUT2D eigenvalue weighted by molar-refractivity contribution is 7.88. The van der Waals surface area contributed by atoms with E-state index in [1.165, 1.54) is 4.31 Å². The van der Waals surface area contributed by atoms with Crippen LogP contribution in [0.15, 0.2) is 0 Å². The minimum absolute atomic E-state index is 0.153. The minimum Gasteiger partial charge on any atom is -0.450 e. The predicted octanol–water partition coefficient (Wildman–Crippen LogP) is 1.39. The molecule has 0 aromatic rings. The van der Waals surface area contributed by atoms with Crippen LogP contribution in [-0.2, 0) is 19.5 Å². The summed E-state index contributed by atoms with van der Waals surface area (Å²) in [6.07, 6.45) is 1.25. The van der Waals surface area contributed by atoms with Crippen molar-refractivity contribution in [1.29, 1.82) is 0 Å². The number of carbonyl (C=O) groups excluding carboxylic acids is 2. The Bertz CT molecular complexity index is 579. The number of alkyl carbamates (subject to hydrolysis) is 1. The van der Waals surface area contributed by atoms with Gasteiger partial charge in [0, 0.05) is 32.2 Å². The second-order valence-corrected chi connectivity index (χ2v) is 9.15. The quantitative estimate of drug-likeness (QED) is 0.731. The first kappa shape index (κ1) is 22.5. The maximum Gasteiger partial charge on any atom is 0.409 e. The van der Waals surface area contributed by atoms with Crippen LogP contribution in [0, 0.1) is 0 Å². The fourth-order valence-corrected chi connectivity index (χ4v) is 3.93. The van der Waals surface area contributed by atoms with E-state index in [-0.39, 0.29) is 25.2 Å². The van der Waals surface area contributed by atoms with Crippen LogP contribution in [0.4, 0.5) is 9.59 Å². The van der Waals surface area contributed by atoms with Gasteiger partial charge in [-0.15, -0.1) is 0 Å². The molecular formula is C16H31N3O6S. The van der Waals surface area contributed by atoms with Crippen LogP contribution in [0.3, 0.4) is 0 Å². The molecule has 0 unspecified atom stereocenters. The Labute approximate surface area is 156 Å². The van der Waals surface area contributed by atoms with Crippen molar-refractivity contribution in [2.24, 2.45) is 0 Å². The molecule has 1 heterocycles. The summed E-state index contributed by atoms with van der Waals surface area (Å²) >= 11 is 0. The molecule has 1 fully saturated rings. The molecule has 0 spiro atoms. The number of nitrogens with one attached hydrogen (secondary N) is 1. The summed E-state index contributed by atoms with van der Waals surface area (Å²) in [6, 6.07) is -0.212. The molecule has 0 aromatic carbocycles. The summed E-state index contributed by atoms with van der Waals surface area (Å²) in [5.74, 6) is 0. The fourth-order valence-electron chi connectivity index (χ4n) is 2.75. The largest absolute Gasteiger partial charge is 0.450 e. The number of hydrogen-bond acceptors (Lipinski definition) is 6. The van der Waals surface area contributed by atoms with Crippen molar-refractivity contribution in [2.45, 2.75) is 52.2 Å². The highest BCUT2D eigenvalue weighted by Gasteiger charge is 2.32. The smallest absolute Gasteiger partial charge is 0.409 e. The van der Waals surface area contributed by atoms with Gasteiger partial charge in [0.25, 0.3) is 0 Å². The second-order valence-electron chi connectivity index (χ2n) is 7.22. The number of nitrogens with zero attached hydrogens (tertiary/aromatic N) is 2. The number of rotatable bonds is 6. The van der Waals surface area contributed by atoms with Crippen LogP contribution in [0.5, 0.6) is 0 Å². The SMILES string of the molecule is CCOC(=O)N1CCC(N(CCNC(=O)OC(C)(C)C)S(C)(=O)=O)CC1. The van der Waals surface area contributed by atoms with Crippen LogP contribution in [0.2, 0.25) is 0 Å². The number of amides is 2. The number of carbonyl (C=O) groups is 2. The molecule has 1 aliphatic rings. The monoisotopic (exact) mass is 393 g/mol. The van der Waals surface area contributed by atoms with Gasteiger partial charge in [0.1, 0.15) is 5.60 Å². The molecule has 0 saturated carbocycles. The van der Waals surface area contributed by atoms with E-state index in [4.69, 9.17) is 9.47 Å². The molecule has 1 N–H and O–H groups in total. The van der Waals surface area contributed by atoms with E-state index in [2.05, 4.69) is 5.32 Å². The zero-order chi connectivity index (χ0) is 20.0. The summed E-state index contributed by atoms with van der Waals surface area (Å²) in [5, 5.41) is 2.57. The van der Waals surface area contributed by atoms with Crippen LogP contribution in [0.25, 0.3) is 0 Å². The molecule has 1 rings (SSSR count). The maximum atomic E-state index is 12.1. The average Bonchev–Trinajstić information content (AvgIpc) is 2.49. The Morgan fingerprint density at radius 3 is 2.27 bits per heavy atom. The summed E-state index contributed by atoms with van der Waals surface area (Å²) in [5.41, 5.74) is -0.611. The number of hydrogen-bond donors (Lipinski definition) is 1. The third-order valence-corrected chi connectivity index (χ3v) is 5.16. The molecule has 26 heavy (non-hydrogen) atoms. The molecular weight excluding hydrogens is 362 g/mol. The Morgan fingerprint density at radius 1 is 1.23 bits per heavy atom. The van der Waals surface area contributed by atoms with Gasteiger partial charge in [0.05, 0.1) is 12.9 Å². The number of sulfonamides is 1. The van der Waals surface area contributed by atoms with Gasteiger partial charge in [-0.2, -0.15) is 4.31 Å². The summed E-state index contributed by atoms with van der Waals surface area (Å²) < 4.78 is 35.7. The molecule has 10 heteroatoms. The summed E-state index contributed by atoms with van der Waals surface area (Å²) in [6.45, 7) is 8.51. The molecule has 0 bridgehead atoms. The van der Waals surface area contributed by atoms with E-state index in [0.29, 0.717) is 32.5 Å². The Morgan fingerprint density at radius 2 is 1.81 bits per heavy atom. The van der Waals surface area contributed by atoms with E-state index in [1.807, 2.05) is 0 Å². The van der Waals surface area contributed by atoms with Crippen LogP contribution >= 0.6 is 0 Å². The molecule has 1 aliphatic heterocycles. The number of piperidine rings is 1. The molecule has 0 radical (unpaired) electrons. The first-order valence-corrected chi connectivity index (χ1v) is 10.6. The Hall–Kier alpha value is -1.55. The van der Waals surface area contributed by atoms with E-state index in [9.17, 15) is 18.0 Å². The molecule has 0 atom stereocenters. The van der Waals surface area contributed by atoms with Gasteiger partial charge >= 0.3 is 12.2 Å². The zero-order valence-electron chi connectivity index (χ0n) is 16.3. The van der Waals surface area contributed by atoms with E-state index >= 15 is 0 Å². The van der Waals surface area contributed by atoms with Crippen LogP contribution in [0.1, 0.15) is 40.5 Å². The van der Waals surface area contributed by atoms with E-state index in [0.717, 1.165) is 6.26 Å². The minimum atomic E-state index is -3.44. The average molecular weight is 394 g/mol. The van der Waals surface area contributed by atoms with Gasteiger partial charge < -0.3 is 19.7 Å². The first-order chi connectivity index (χ1) is 11.9. The van der Waals surface area contributed by atoms with Crippen molar-refractivity contribution < 1.29 is 27.5 Å². The van der Waals surface area contributed by atoms with Gasteiger partial charge in [-0.3, -0.25) is 0 Å². The van der Waals surface area contributed by atoms with Gasteiger partial charge in [-0.25, -0.2) is 18.0 Å². The molecule has 2 amide bonds. The van der Waals surface area contributed by atoms with Gasteiger partial charge in [-0.1, -0.05) is 0 Å². The lowest BCUT2D eigenvalue weighted by atomic mass is 10.1. The van der Waals surface area contributed by atoms with Gasteiger partial charge in [0.2, 0.25) is 10.0 Å². The fraction of sp³-hybridized carbons (Fsp3) is 0.875. The molecule has 9 nitrogen and oxygen atoms in total. The van der Waals surface area contributed by atoms with Crippen molar-refractivity contribution in [3.8, 4) is 0 Å². The second kappa shape index (κ2) is 9.40. The number of likely N-dealkylation sites (tertiary alicyclic amines) is 1. The number of ether oxygens (including phenoxy) is 2. The van der Waals surface area contributed by atoms with Gasteiger partial charge in [-0.05, 0) is 40.5 Å².